The van der Waals surface area contributed by atoms with Gasteiger partial charge in [-0.1, -0.05) is 20.8 Å². The molecule has 1 aliphatic rings. The number of hydrogen-bond acceptors (Lipinski definition) is 3. The number of thioether (sulfide) groups is 2. The van der Waals surface area contributed by atoms with Gasteiger partial charge in [-0.15, -0.1) is 23.5 Å². The molecule has 0 spiro atoms. The van der Waals surface area contributed by atoms with Gasteiger partial charge in [-0.25, -0.2) is 0 Å². The molecule has 3 heteroatoms. The van der Waals surface area contributed by atoms with Crippen molar-refractivity contribution in [2.45, 2.75) is 44.3 Å². The van der Waals surface area contributed by atoms with Crippen molar-refractivity contribution >= 4 is 23.5 Å². The fourth-order valence-electron chi connectivity index (χ4n) is 1.21. The molecule has 1 saturated heterocycles. The van der Waals surface area contributed by atoms with Crippen molar-refractivity contribution in [3.05, 3.63) is 0 Å². The molecule has 1 atom stereocenters. The van der Waals surface area contributed by atoms with Crippen molar-refractivity contribution in [1.82, 2.24) is 0 Å². The lowest BCUT2D eigenvalue weighted by molar-refractivity contribution is 0.0595. The molecule has 1 aliphatic heterocycles. The highest BCUT2D eigenvalue weighted by Crippen LogP contribution is 2.36. The van der Waals surface area contributed by atoms with Crippen molar-refractivity contribution in [3.8, 4) is 0 Å². The maximum Gasteiger partial charge on any atom is 0.0607 e. The van der Waals surface area contributed by atoms with Gasteiger partial charge in [0.15, 0.2) is 0 Å². The standard InChI is InChI=1S/C10H20OS2/c1-10(2,3)8(11)7-9-12-5-4-6-13-9/h8-9,11H,4-7H2,1-3H3. The lowest BCUT2D eigenvalue weighted by atomic mass is 9.88. The van der Waals surface area contributed by atoms with Crippen molar-refractivity contribution in [3.63, 3.8) is 0 Å². The third kappa shape index (κ3) is 4.13. The molecule has 13 heavy (non-hydrogen) atoms. The molecule has 0 aromatic carbocycles. The fraction of sp³-hybridized carbons (Fsp3) is 1.00. The van der Waals surface area contributed by atoms with Gasteiger partial charge < -0.3 is 5.11 Å². The molecule has 0 saturated carbocycles. The van der Waals surface area contributed by atoms with E-state index >= 15 is 0 Å². The molecule has 0 bridgehead atoms. The largest absolute Gasteiger partial charge is 0.393 e. The van der Waals surface area contributed by atoms with E-state index in [-0.39, 0.29) is 11.5 Å². The minimum Gasteiger partial charge on any atom is -0.393 e. The molecule has 1 unspecified atom stereocenters. The number of hydrogen-bond donors (Lipinski definition) is 1. The molecule has 0 aromatic heterocycles. The minimum atomic E-state index is -0.157. The molecule has 1 rings (SSSR count). The van der Waals surface area contributed by atoms with Crippen LogP contribution in [0.2, 0.25) is 0 Å². The first-order valence-electron chi connectivity index (χ1n) is 4.91. The van der Waals surface area contributed by atoms with E-state index in [1.54, 1.807) is 0 Å². The summed E-state index contributed by atoms with van der Waals surface area (Å²) in [6.07, 6.45) is 2.12. The summed E-state index contributed by atoms with van der Waals surface area (Å²) in [6, 6.07) is 0. The van der Waals surface area contributed by atoms with E-state index in [1.807, 2.05) is 23.5 Å². The van der Waals surface area contributed by atoms with Crippen LogP contribution in [0.3, 0.4) is 0 Å². The molecule has 1 heterocycles. The molecule has 1 nitrogen and oxygen atoms in total. The molecule has 0 amide bonds. The normalized spacial score (nSPS) is 23.1. The summed E-state index contributed by atoms with van der Waals surface area (Å²) < 4.78 is 0.628. The second kappa shape index (κ2) is 4.94. The Balaban J connectivity index is 2.30. The Bertz CT molecular complexity index is 147. The van der Waals surface area contributed by atoms with Gasteiger partial charge in [-0.3, -0.25) is 0 Å². The second-order valence-corrected chi connectivity index (χ2v) is 7.56. The van der Waals surface area contributed by atoms with Crippen LogP contribution in [0.5, 0.6) is 0 Å². The molecule has 0 aliphatic carbocycles. The Kier molecular flexibility index (Phi) is 4.46. The number of aliphatic hydroxyl groups is 1. The Hall–Kier alpha value is 0.660. The maximum atomic E-state index is 9.91. The Morgan fingerprint density at radius 3 is 2.31 bits per heavy atom. The van der Waals surface area contributed by atoms with Crippen LogP contribution < -0.4 is 0 Å². The Labute approximate surface area is 90.1 Å². The van der Waals surface area contributed by atoms with Crippen LogP contribution in [-0.4, -0.2) is 27.3 Å². The second-order valence-electron chi connectivity index (χ2n) is 4.64. The zero-order chi connectivity index (χ0) is 9.90. The van der Waals surface area contributed by atoms with E-state index in [1.165, 1.54) is 17.9 Å². The monoisotopic (exact) mass is 220 g/mol. The third-order valence-electron chi connectivity index (χ3n) is 2.31. The van der Waals surface area contributed by atoms with Gasteiger partial charge in [0.2, 0.25) is 0 Å². The number of rotatable bonds is 2. The van der Waals surface area contributed by atoms with Crippen LogP contribution in [-0.2, 0) is 0 Å². The van der Waals surface area contributed by atoms with E-state index in [2.05, 4.69) is 20.8 Å². The summed E-state index contributed by atoms with van der Waals surface area (Å²) in [7, 11) is 0. The van der Waals surface area contributed by atoms with E-state index in [9.17, 15) is 5.11 Å². The zero-order valence-electron chi connectivity index (χ0n) is 8.75. The highest BCUT2D eigenvalue weighted by molar-refractivity contribution is 8.17. The zero-order valence-corrected chi connectivity index (χ0v) is 10.4. The van der Waals surface area contributed by atoms with Crippen molar-refractivity contribution < 1.29 is 5.11 Å². The van der Waals surface area contributed by atoms with Gasteiger partial charge in [0.1, 0.15) is 0 Å². The smallest absolute Gasteiger partial charge is 0.0607 e. The molecule has 1 fully saturated rings. The average Bonchev–Trinajstić information content (AvgIpc) is 2.04. The van der Waals surface area contributed by atoms with Crippen molar-refractivity contribution in [2.24, 2.45) is 5.41 Å². The Morgan fingerprint density at radius 2 is 1.85 bits per heavy atom. The highest BCUT2D eigenvalue weighted by Gasteiger charge is 2.26. The molecule has 1 N–H and O–H groups in total. The van der Waals surface area contributed by atoms with Crippen LogP contribution >= 0.6 is 23.5 Å². The van der Waals surface area contributed by atoms with Crippen molar-refractivity contribution in [1.29, 1.82) is 0 Å². The lowest BCUT2D eigenvalue weighted by Gasteiger charge is -2.30. The first-order chi connectivity index (χ1) is 6.00. The molecular weight excluding hydrogens is 200 g/mol. The average molecular weight is 220 g/mol. The SMILES string of the molecule is CC(C)(C)C(O)CC1SCCCS1. The summed E-state index contributed by atoms with van der Waals surface area (Å²) in [5.41, 5.74) is 0.0402. The Morgan fingerprint density at radius 1 is 1.31 bits per heavy atom. The first kappa shape index (κ1) is 11.7. The maximum absolute atomic E-state index is 9.91. The lowest BCUT2D eigenvalue weighted by Crippen LogP contribution is -2.29. The van der Waals surface area contributed by atoms with E-state index in [0.29, 0.717) is 4.58 Å². The van der Waals surface area contributed by atoms with Gasteiger partial charge in [0, 0.05) is 0 Å². The molecule has 0 radical (unpaired) electrons. The van der Waals surface area contributed by atoms with Gasteiger partial charge >= 0.3 is 0 Å². The summed E-state index contributed by atoms with van der Waals surface area (Å²) in [5.74, 6) is 2.54. The summed E-state index contributed by atoms with van der Waals surface area (Å²) in [5, 5.41) is 9.91. The topological polar surface area (TPSA) is 20.2 Å². The minimum absolute atomic E-state index is 0.0402. The predicted octanol–water partition coefficient (Wildman–Crippen LogP) is 2.98. The van der Waals surface area contributed by atoms with Gasteiger partial charge in [-0.2, -0.15) is 0 Å². The van der Waals surface area contributed by atoms with E-state index in [0.717, 1.165) is 6.42 Å². The summed E-state index contributed by atoms with van der Waals surface area (Å²) in [4.78, 5) is 0. The fourth-order valence-corrected chi connectivity index (χ4v) is 4.14. The number of aliphatic hydroxyl groups excluding tert-OH is 1. The van der Waals surface area contributed by atoms with E-state index < -0.39 is 0 Å². The van der Waals surface area contributed by atoms with Crippen molar-refractivity contribution in [2.75, 3.05) is 11.5 Å². The quantitative estimate of drug-likeness (QED) is 0.772. The molecule has 0 aromatic rings. The van der Waals surface area contributed by atoms with Gasteiger partial charge in [-0.05, 0) is 29.8 Å². The highest BCUT2D eigenvalue weighted by atomic mass is 32.2. The first-order valence-corrected chi connectivity index (χ1v) is 7.01. The van der Waals surface area contributed by atoms with Crippen LogP contribution in [0.25, 0.3) is 0 Å². The van der Waals surface area contributed by atoms with Crippen LogP contribution in [0.15, 0.2) is 0 Å². The summed E-state index contributed by atoms with van der Waals surface area (Å²) in [6.45, 7) is 6.32. The van der Waals surface area contributed by atoms with E-state index in [4.69, 9.17) is 0 Å². The van der Waals surface area contributed by atoms with Crippen LogP contribution in [0, 0.1) is 5.41 Å². The molecular formula is C10H20OS2. The van der Waals surface area contributed by atoms with Gasteiger partial charge in [0.25, 0.3) is 0 Å². The molecule has 78 valence electrons. The predicted molar refractivity (Wildman–Crippen MR) is 63.4 cm³/mol. The third-order valence-corrected chi connectivity index (χ3v) is 5.31. The van der Waals surface area contributed by atoms with Crippen LogP contribution in [0.4, 0.5) is 0 Å². The summed E-state index contributed by atoms with van der Waals surface area (Å²) >= 11 is 4.02. The van der Waals surface area contributed by atoms with Gasteiger partial charge in [0.05, 0.1) is 10.7 Å². The van der Waals surface area contributed by atoms with Crippen LogP contribution in [0.1, 0.15) is 33.6 Å².